The molecule has 4 unspecified atom stereocenters. The summed E-state index contributed by atoms with van der Waals surface area (Å²) >= 11 is 0. The van der Waals surface area contributed by atoms with Crippen molar-refractivity contribution in [3.05, 3.63) is 47.2 Å². The van der Waals surface area contributed by atoms with E-state index in [2.05, 4.69) is 26.5 Å². The second-order valence-electron chi connectivity index (χ2n) is 9.53. The first kappa shape index (κ1) is 28.8. The molecular formula is C27H41N3O5. The quantitative estimate of drug-likeness (QED) is 0.529. The number of allylic oxidation sites excluding steroid dienone is 5. The molecule has 1 aromatic rings. The summed E-state index contributed by atoms with van der Waals surface area (Å²) in [7, 11) is 0. The molecule has 0 bridgehead atoms. The highest BCUT2D eigenvalue weighted by Crippen LogP contribution is 2.32. The van der Waals surface area contributed by atoms with Gasteiger partial charge in [-0.1, -0.05) is 36.0 Å². The third-order valence-corrected chi connectivity index (χ3v) is 5.95. The van der Waals surface area contributed by atoms with Gasteiger partial charge in [0, 0.05) is 43.0 Å². The van der Waals surface area contributed by atoms with Crippen molar-refractivity contribution in [1.82, 2.24) is 9.78 Å². The van der Waals surface area contributed by atoms with Crippen LogP contribution in [0.25, 0.3) is 0 Å². The van der Waals surface area contributed by atoms with E-state index in [1.54, 1.807) is 0 Å². The average molecular weight is 488 g/mol. The maximum atomic E-state index is 10.1. The van der Waals surface area contributed by atoms with Gasteiger partial charge in [-0.25, -0.2) is 0 Å². The molecule has 8 heteroatoms. The fraction of sp³-hybridized carbons (Fsp3) is 0.630. The van der Waals surface area contributed by atoms with Crippen molar-refractivity contribution < 1.29 is 24.4 Å². The molecule has 0 spiro atoms. The first-order valence-corrected chi connectivity index (χ1v) is 12.3. The summed E-state index contributed by atoms with van der Waals surface area (Å²) in [5, 5.41) is 32.2. The summed E-state index contributed by atoms with van der Waals surface area (Å²) in [6.07, 6.45) is 6.68. The Morgan fingerprint density at radius 1 is 1.34 bits per heavy atom. The zero-order valence-electron chi connectivity index (χ0n) is 21.7. The topological polar surface area (TPSA) is 110 Å². The van der Waals surface area contributed by atoms with Crippen molar-refractivity contribution in [2.75, 3.05) is 19.8 Å². The summed E-state index contributed by atoms with van der Waals surface area (Å²) < 4.78 is 19.5. The molecule has 0 aromatic carbocycles. The molecule has 2 saturated heterocycles. The van der Waals surface area contributed by atoms with Crippen LogP contribution in [0.3, 0.4) is 0 Å². The average Bonchev–Trinajstić information content (AvgIpc) is 3.46. The maximum absolute atomic E-state index is 10.1. The Hall–Kier alpha value is -2.44. The molecule has 2 fully saturated rings. The van der Waals surface area contributed by atoms with Crippen molar-refractivity contribution in [3.63, 3.8) is 0 Å². The molecule has 2 aliphatic rings. The highest BCUT2D eigenvalue weighted by molar-refractivity contribution is 5.36. The van der Waals surface area contributed by atoms with Gasteiger partial charge in [0.2, 0.25) is 12.2 Å². The van der Waals surface area contributed by atoms with Crippen molar-refractivity contribution in [1.29, 1.82) is 5.26 Å². The van der Waals surface area contributed by atoms with Gasteiger partial charge in [0.05, 0.1) is 37.5 Å². The van der Waals surface area contributed by atoms with Crippen molar-refractivity contribution in [2.45, 2.75) is 84.8 Å². The Labute approximate surface area is 209 Å². The van der Waals surface area contributed by atoms with E-state index < -0.39 is 18.5 Å². The van der Waals surface area contributed by atoms with Gasteiger partial charge in [0.1, 0.15) is 0 Å². The number of nitrogens with zero attached hydrogens (tertiary/aromatic N) is 3. The molecule has 3 rings (SSSR count). The lowest BCUT2D eigenvalue weighted by atomic mass is 10.0. The molecule has 0 amide bonds. The fourth-order valence-corrected chi connectivity index (χ4v) is 3.84. The highest BCUT2D eigenvalue weighted by atomic mass is 16.7. The molecule has 2 N–H and O–H groups in total. The van der Waals surface area contributed by atoms with E-state index in [-0.39, 0.29) is 18.6 Å². The van der Waals surface area contributed by atoms with Crippen LogP contribution in [0, 0.1) is 24.2 Å². The standard InChI is InChI=1S/C23H34N2O5.C4H7N/c1-5-15(2)6-7-16(3)10-21-17(4)25(18-8-9-28-14-18)24-23(21)30-22-12-19(27)11-20(13-26)29-22;1-4(2)3-5/h5-7,18-20,22,26-27H,1,8-14H2,2-4H3;4H,1-2H3/b15-6-,16-7+;. The molecule has 4 atom stereocenters. The number of ether oxygens (including phenoxy) is 3. The largest absolute Gasteiger partial charge is 0.446 e. The first-order valence-electron chi connectivity index (χ1n) is 12.3. The highest BCUT2D eigenvalue weighted by Gasteiger charge is 2.32. The molecule has 194 valence electrons. The predicted molar refractivity (Wildman–Crippen MR) is 135 cm³/mol. The van der Waals surface area contributed by atoms with Crippen LogP contribution in [-0.4, -0.2) is 58.3 Å². The first-order chi connectivity index (χ1) is 16.7. The van der Waals surface area contributed by atoms with Gasteiger partial charge < -0.3 is 24.4 Å². The van der Waals surface area contributed by atoms with Crippen LogP contribution in [0.15, 0.2) is 36.0 Å². The van der Waals surface area contributed by atoms with Crippen LogP contribution >= 0.6 is 0 Å². The van der Waals surface area contributed by atoms with E-state index in [4.69, 9.17) is 24.6 Å². The van der Waals surface area contributed by atoms with Gasteiger partial charge in [0.15, 0.2) is 0 Å². The summed E-state index contributed by atoms with van der Waals surface area (Å²) in [4.78, 5) is 0. The third kappa shape index (κ3) is 8.93. The van der Waals surface area contributed by atoms with E-state index in [1.807, 2.05) is 43.7 Å². The fourth-order valence-electron chi connectivity index (χ4n) is 3.84. The number of hydrogen-bond acceptors (Lipinski definition) is 7. The maximum Gasteiger partial charge on any atom is 0.238 e. The van der Waals surface area contributed by atoms with Gasteiger partial charge in [0.25, 0.3) is 0 Å². The molecule has 0 aliphatic carbocycles. The van der Waals surface area contributed by atoms with Crippen molar-refractivity contribution in [2.24, 2.45) is 5.92 Å². The van der Waals surface area contributed by atoms with Gasteiger partial charge in [-0.15, -0.1) is 5.10 Å². The van der Waals surface area contributed by atoms with Crippen LogP contribution in [0.5, 0.6) is 5.88 Å². The summed E-state index contributed by atoms with van der Waals surface area (Å²) in [5.41, 5.74) is 4.32. The second-order valence-corrected chi connectivity index (χ2v) is 9.53. The lowest BCUT2D eigenvalue weighted by molar-refractivity contribution is -0.186. The van der Waals surface area contributed by atoms with E-state index in [0.29, 0.717) is 31.7 Å². The Kier molecular flexibility index (Phi) is 11.7. The monoisotopic (exact) mass is 487 g/mol. The van der Waals surface area contributed by atoms with Crippen LogP contribution < -0.4 is 4.74 Å². The summed E-state index contributed by atoms with van der Waals surface area (Å²) in [6, 6.07) is 2.22. The minimum absolute atomic E-state index is 0.145. The Morgan fingerprint density at radius 2 is 2.06 bits per heavy atom. The lowest BCUT2D eigenvalue weighted by Crippen LogP contribution is -2.40. The van der Waals surface area contributed by atoms with Crippen molar-refractivity contribution in [3.8, 4) is 11.9 Å². The number of aliphatic hydroxyl groups is 2. The normalized spacial score (nSPS) is 25.1. The number of aliphatic hydroxyl groups excluding tert-OH is 2. The van der Waals surface area contributed by atoms with E-state index >= 15 is 0 Å². The molecule has 8 nitrogen and oxygen atoms in total. The Bertz CT molecular complexity index is 922. The third-order valence-electron chi connectivity index (χ3n) is 5.95. The zero-order chi connectivity index (χ0) is 26.0. The van der Waals surface area contributed by atoms with Crippen LogP contribution in [0.2, 0.25) is 0 Å². The number of hydrogen-bond donors (Lipinski definition) is 2. The van der Waals surface area contributed by atoms with Gasteiger partial charge in [-0.05, 0) is 41.0 Å². The van der Waals surface area contributed by atoms with Gasteiger partial charge >= 0.3 is 0 Å². The smallest absolute Gasteiger partial charge is 0.238 e. The SMILES string of the molecule is C=C/C(C)=C\C=C(/C)Cc1c(OC2CC(O)CC(CO)O2)nn(C2CCOC2)c1C.CC(C)C#N. The van der Waals surface area contributed by atoms with Crippen LogP contribution in [0.4, 0.5) is 0 Å². The molecule has 2 aliphatic heterocycles. The van der Waals surface area contributed by atoms with E-state index in [9.17, 15) is 10.2 Å². The lowest BCUT2D eigenvalue weighted by Gasteiger charge is -2.31. The molecule has 1 aromatic heterocycles. The minimum atomic E-state index is -0.639. The molecule has 0 radical (unpaired) electrons. The summed E-state index contributed by atoms with van der Waals surface area (Å²) in [5.74, 6) is 0.711. The number of rotatable bonds is 8. The molecular weight excluding hydrogens is 446 g/mol. The predicted octanol–water partition coefficient (Wildman–Crippen LogP) is 4.18. The number of nitriles is 1. The minimum Gasteiger partial charge on any atom is -0.446 e. The van der Waals surface area contributed by atoms with Crippen molar-refractivity contribution >= 4 is 0 Å². The Balaban J connectivity index is 0.000000784. The Morgan fingerprint density at radius 3 is 2.63 bits per heavy atom. The van der Waals surface area contributed by atoms with Crippen LogP contribution in [-0.2, 0) is 15.9 Å². The number of aromatic nitrogens is 2. The van der Waals surface area contributed by atoms with Gasteiger partial charge in [-0.2, -0.15) is 5.26 Å². The van der Waals surface area contributed by atoms with Crippen LogP contribution in [0.1, 0.15) is 64.3 Å². The molecule has 35 heavy (non-hydrogen) atoms. The zero-order valence-corrected chi connectivity index (χ0v) is 21.7. The van der Waals surface area contributed by atoms with E-state index in [0.717, 1.165) is 29.9 Å². The summed E-state index contributed by atoms with van der Waals surface area (Å²) in [6.45, 7) is 14.9. The second kappa shape index (κ2) is 14.2. The van der Waals surface area contributed by atoms with E-state index in [1.165, 1.54) is 5.57 Å². The molecule has 3 heterocycles. The van der Waals surface area contributed by atoms with Gasteiger partial charge in [-0.3, -0.25) is 4.68 Å². The molecule has 0 saturated carbocycles.